The molecule has 0 spiro atoms. The summed E-state index contributed by atoms with van der Waals surface area (Å²) in [5.41, 5.74) is 1.84. The Morgan fingerprint density at radius 3 is 2.61 bits per heavy atom. The van der Waals surface area contributed by atoms with Crippen molar-refractivity contribution >= 4 is 51.5 Å². The van der Waals surface area contributed by atoms with Gasteiger partial charge in [-0.3, -0.25) is 14.7 Å². The first kappa shape index (κ1) is 20.9. The van der Waals surface area contributed by atoms with Gasteiger partial charge in [0.15, 0.2) is 5.17 Å². The van der Waals surface area contributed by atoms with Gasteiger partial charge in [-0.15, -0.1) is 0 Å². The van der Waals surface area contributed by atoms with Gasteiger partial charge in [0.05, 0.1) is 8.48 Å². The number of likely N-dealkylation sites (N-methyl/N-ethyl adjacent to an activating group) is 1. The standard InChI is InChI=1S/C21H20FIN2O2S/c1-3-24-21-25(4-2)20(26)19(28-21)12-15-7-10-18(17(23)11-15)27-13-14-5-8-16(22)9-6-14/h5-12H,3-4,13H2,1-2H3/b19-12+,24-21?. The molecule has 28 heavy (non-hydrogen) atoms. The molecular formula is C21H20FIN2O2S. The highest BCUT2D eigenvalue weighted by Gasteiger charge is 2.31. The van der Waals surface area contributed by atoms with E-state index in [1.807, 2.05) is 38.1 Å². The van der Waals surface area contributed by atoms with Gasteiger partial charge in [0, 0.05) is 13.1 Å². The number of rotatable bonds is 6. The summed E-state index contributed by atoms with van der Waals surface area (Å²) in [5, 5.41) is 0.759. The number of amidine groups is 1. The van der Waals surface area contributed by atoms with Crippen LogP contribution >= 0.6 is 34.4 Å². The maximum atomic E-state index is 13.0. The van der Waals surface area contributed by atoms with Crippen LogP contribution in [0, 0.1) is 9.39 Å². The highest BCUT2D eigenvalue weighted by Crippen LogP contribution is 2.33. The Hall–Kier alpha value is -1.87. The van der Waals surface area contributed by atoms with E-state index in [1.54, 1.807) is 17.0 Å². The van der Waals surface area contributed by atoms with E-state index in [-0.39, 0.29) is 11.7 Å². The number of amides is 1. The summed E-state index contributed by atoms with van der Waals surface area (Å²) in [5.74, 6) is 0.482. The van der Waals surface area contributed by atoms with Crippen molar-refractivity contribution in [3.63, 3.8) is 0 Å². The molecule has 1 saturated heterocycles. The van der Waals surface area contributed by atoms with Crippen LogP contribution in [0.25, 0.3) is 6.08 Å². The van der Waals surface area contributed by atoms with Gasteiger partial charge in [0.25, 0.3) is 5.91 Å². The van der Waals surface area contributed by atoms with E-state index in [0.717, 1.165) is 25.6 Å². The van der Waals surface area contributed by atoms with Crippen LogP contribution in [0.5, 0.6) is 5.75 Å². The van der Waals surface area contributed by atoms with Gasteiger partial charge in [-0.25, -0.2) is 4.39 Å². The third-order valence-electron chi connectivity index (χ3n) is 4.06. The molecule has 1 heterocycles. The van der Waals surface area contributed by atoms with E-state index in [0.29, 0.717) is 24.6 Å². The third kappa shape index (κ3) is 4.94. The summed E-state index contributed by atoms with van der Waals surface area (Å²) in [7, 11) is 0. The second-order valence-corrected chi connectivity index (χ2v) is 8.19. The number of ether oxygens (including phenoxy) is 1. The summed E-state index contributed by atoms with van der Waals surface area (Å²) in [6, 6.07) is 12.1. The molecule has 1 amide bonds. The van der Waals surface area contributed by atoms with Crippen LogP contribution < -0.4 is 4.74 Å². The van der Waals surface area contributed by atoms with Crippen molar-refractivity contribution in [2.75, 3.05) is 13.1 Å². The van der Waals surface area contributed by atoms with E-state index in [9.17, 15) is 9.18 Å². The molecule has 4 nitrogen and oxygen atoms in total. The Balaban J connectivity index is 1.73. The number of nitrogens with zero attached hydrogens (tertiary/aromatic N) is 2. The Bertz CT molecular complexity index is 929. The molecule has 1 aliphatic heterocycles. The number of carbonyl (C=O) groups excluding carboxylic acids is 1. The lowest BCUT2D eigenvalue weighted by atomic mass is 10.2. The third-order valence-corrected chi connectivity index (χ3v) is 5.95. The number of aliphatic imine (C=N–C) groups is 1. The van der Waals surface area contributed by atoms with Crippen LogP contribution in [0.15, 0.2) is 52.4 Å². The minimum absolute atomic E-state index is 0.00801. The summed E-state index contributed by atoms with van der Waals surface area (Å²) in [6.45, 7) is 5.53. The normalized spacial score (nSPS) is 17.0. The lowest BCUT2D eigenvalue weighted by molar-refractivity contribution is -0.122. The zero-order valence-corrected chi connectivity index (χ0v) is 18.6. The number of halogens is 2. The molecule has 3 rings (SSSR count). The fourth-order valence-electron chi connectivity index (χ4n) is 2.66. The molecule has 1 fully saturated rings. The average molecular weight is 510 g/mol. The molecule has 1 aliphatic rings. The predicted octanol–water partition coefficient (Wildman–Crippen LogP) is 5.32. The van der Waals surface area contributed by atoms with Gasteiger partial charge < -0.3 is 4.74 Å². The number of hydrogen-bond acceptors (Lipinski definition) is 4. The first-order valence-corrected chi connectivity index (χ1v) is 10.8. The van der Waals surface area contributed by atoms with Gasteiger partial charge >= 0.3 is 0 Å². The van der Waals surface area contributed by atoms with E-state index in [1.165, 1.54) is 23.9 Å². The first-order chi connectivity index (χ1) is 13.5. The quantitative estimate of drug-likeness (QED) is 0.390. The Kier molecular flexibility index (Phi) is 7.12. The number of carbonyl (C=O) groups is 1. The van der Waals surface area contributed by atoms with Crippen molar-refractivity contribution in [1.29, 1.82) is 0 Å². The van der Waals surface area contributed by atoms with Crippen LogP contribution in [-0.4, -0.2) is 29.1 Å². The highest BCUT2D eigenvalue weighted by molar-refractivity contribution is 14.1. The van der Waals surface area contributed by atoms with Gasteiger partial charge in [-0.05, 0) is 89.7 Å². The number of hydrogen-bond donors (Lipinski definition) is 0. The molecule has 0 radical (unpaired) electrons. The summed E-state index contributed by atoms with van der Waals surface area (Å²) >= 11 is 3.63. The van der Waals surface area contributed by atoms with Gasteiger partial charge in [-0.2, -0.15) is 0 Å². The SMILES string of the molecule is CCN=C1S/C(=C/c2ccc(OCc3ccc(F)cc3)c(I)c2)C(=O)N1CC. The van der Waals surface area contributed by atoms with E-state index >= 15 is 0 Å². The largest absolute Gasteiger partial charge is 0.488 e. The Labute approximate surface area is 182 Å². The molecule has 0 aliphatic carbocycles. The number of thioether (sulfide) groups is 1. The van der Waals surface area contributed by atoms with Gasteiger partial charge in [0.1, 0.15) is 18.2 Å². The van der Waals surface area contributed by atoms with Gasteiger partial charge in [-0.1, -0.05) is 18.2 Å². The Morgan fingerprint density at radius 1 is 1.21 bits per heavy atom. The molecule has 0 aromatic heterocycles. The topological polar surface area (TPSA) is 41.9 Å². The summed E-state index contributed by atoms with van der Waals surface area (Å²) < 4.78 is 19.8. The van der Waals surface area contributed by atoms with Crippen molar-refractivity contribution in [3.05, 3.63) is 67.9 Å². The van der Waals surface area contributed by atoms with Crippen molar-refractivity contribution in [2.45, 2.75) is 20.5 Å². The van der Waals surface area contributed by atoms with Crippen molar-refractivity contribution in [3.8, 4) is 5.75 Å². The highest BCUT2D eigenvalue weighted by atomic mass is 127. The van der Waals surface area contributed by atoms with E-state index in [2.05, 4.69) is 27.6 Å². The average Bonchev–Trinajstić information content (AvgIpc) is 2.97. The van der Waals surface area contributed by atoms with E-state index in [4.69, 9.17) is 4.74 Å². The smallest absolute Gasteiger partial charge is 0.266 e. The first-order valence-electron chi connectivity index (χ1n) is 8.94. The molecule has 0 unspecified atom stereocenters. The molecule has 0 saturated carbocycles. The van der Waals surface area contributed by atoms with Crippen LogP contribution in [0.3, 0.4) is 0 Å². The maximum Gasteiger partial charge on any atom is 0.266 e. The molecule has 7 heteroatoms. The molecule has 0 N–H and O–H groups in total. The van der Waals surface area contributed by atoms with Crippen LogP contribution in [0.2, 0.25) is 0 Å². The summed E-state index contributed by atoms with van der Waals surface area (Å²) in [6.07, 6.45) is 1.89. The zero-order chi connectivity index (χ0) is 20.1. The zero-order valence-electron chi connectivity index (χ0n) is 15.6. The summed E-state index contributed by atoms with van der Waals surface area (Å²) in [4.78, 5) is 19.3. The molecule has 2 aromatic carbocycles. The van der Waals surface area contributed by atoms with Crippen molar-refractivity contribution in [1.82, 2.24) is 4.90 Å². The molecule has 2 aromatic rings. The molecule has 0 bridgehead atoms. The minimum atomic E-state index is -0.260. The van der Waals surface area contributed by atoms with Crippen LogP contribution in [0.4, 0.5) is 4.39 Å². The molecular weight excluding hydrogens is 490 g/mol. The molecule has 146 valence electrons. The predicted molar refractivity (Wildman–Crippen MR) is 121 cm³/mol. The van der Waals surface area contributed by atoms with Crippen molar-refractivity contribution < 1.29 is 13.9 Å². The maximum absolute atomic E-state index is 13.0. The second kappa shape index (κ2) is 9.56. The fraction of sp³-hybridized carbons (Fsp3) is 0.238. The lowest BCUT2D eigenvalue weighted by Crippen LogP contribution is -2.28. The van der Waals surface area contributed by atoms with E-state index < -0.39 is 0 Å². The monoisotopic (exact) mass is 510 g/mol. The van der Waals surface area contributed by atoms with Crippen molar-refractivity contribution in [2.24, 2.45) is 4.99 Å². The second-order valence-electron chi connectivity index (χ2n) is 6.02. The Morgan fingerprint density at radius 2 is 1.96 bits per heavy atom. The fourth-order valence-corrected chi connectivity index (χ4v) is 4.46. The minimum Gasteiger partial charge on any atom is -0.488 e. The number of benzene rings is 2. The van der Waals surface area contributed by atoms with Crippen LogP contribution in [-0.2, 0) is 11.4 Å². The van der Waals surface area contributed by atoms with Crippen LogP contribution in [0.1, 0.15) is 25.0 Å². The lowest BCUT2D eigenvalue weighted by Gasteiger charge is -2.11. The molecule has 0 atom stereocenters. The van der Waals surface area contributed by atoms with Gasteiger partial charge in [0.2, 0.25) is 0 Å².